The Kier molecular flexibility index (Phi) is 3.51. The third kappa shape index (κ3) is 2.06. The van der Waals surface area contributed by atoms with Gasteiger partial charge in [-0.15, -0.1) is 0 Å². The van der Waals surface area contributed by atoms with Crippen molar-refractivity contribution in [2.24, 2.45) is 0 Å². The first-order chi connectivity index (χ1) is 6.60. The van der Waals surface area contributed by atoms with E-state index in [-0.39, 0.29) is 28.0 Å². The van der Waals surface area contributed by atoms with E-state index in [0.717, 1.165) is 6.07 Å². The van der Waals surface area contributed by atoms with Gasteiger partial charge in [-0.3, -0.25) is 4.79 Å². The number of aldehydes is 1. The number of rotatable bonds is 3. The van der Waals surface area contributed by atoms with E-state index >= 15 is 0 Å². The van der Waals surface area contributed by atoms with Crippen LogP contribution in [0.1, 0.15) is 28.0 Å². The molecule has 0 radical (unpaired) electrons. The first-order valence-corrected chi connectivity index (χ1v) is 4.81. The van der Waals surface area contributed by atoms with E-state index in [1.165, 1.54) is 0 Å². The molecule has 2 N–H and O–H groups in total. The van der Waals surface area contributed by atoms with Gasteiger partial charge in [0.05, 0.1) is 11.3 Å². The van der Waals surface area contributed by atoms with Crippen molar-refractivity contribution in [3.63, 3.8) is 0 Å². The molecule has 14 heavy (non-hydrogen) atoms. The second-order valence-corrected chi connectivity index (χ2v) is 3.11. The fraction of sp³-hybridized carbons (Fsp3) is 0.250. The van der Waals surface area contributed by atoms with Gasteiger partial charge in [-0.25, -0.2) is 13.8 Å². The van der Waals surface area contributed by atoms with Gasteiger partial charge in [0.15, 0.2) is 6.29 Å². The Morgan fingerprint density at radius 1 is 1.64 bits per heavy atom. The minimum atomic E-state index is -2.73. The summed E-state index contributed by atoms with van der Waals surface area (Å²) >= 11 is 3.01. The van der Waals surface area contributed by atoms with E-state index in [4.69, 9.17) is 5.73 Å². The lowest BCUT2D eigenvalue weighted by molar-refractivity contribution is 0.110. The van der Waals surface area contributed by atoms with Gasteiger partial charge < -0.3 is 5.73 Å². The highest BCUT2D eigenvalue weighted by Gasteiger charge is 2.19. The molecular formula is C8H7BrF2N2O. The molecule has 0 fully saturated rings. The maximum Gasteiger partial charge on any atom is 0.266 e. The Morgan fingerprint density at radius 3 is 2.71 bits per heavy atom. The van der Waals surface area contributed by atoms with Crippen molar-refractivity contribution in [3.8, 4) is 0 Å². The van der Waals surface area contributed by atoms with Crippen LogP contribution in [0.3, 0.4) is 0 Å². The number of halogens is 3. The van der Waals surface area contributed by atoms with E-state index < -0.39 is 6.43 Å². The summed E-state index contributed by atoms with van der Waals surface area (Å²) in [6, 6.07) is 1.14. The Hall–Kier alpha value is -1.04. The molecule has 0 bridgehead atoms. The van der Waals surface area contributed by atoms with Crippen molar-refractivity contribution in [1.82, 2.24) is 4.98 Å². The number of nitrogens with zero attached hydrogens (tertiary/aromatic N) is 1. The van der Waals surface area contributed by atoms with Gasteiger partial charge in [0.2, 0.25) is 0 Å². The quantitative estimate of drug-likeness (QED) is 0.674. The molecule has 76 valence electrons. The topological polar surface area (TPSA) is 56.0 Å². The highest BCUT2D eigenvalue weighted by atomic mass is 79.9. The first kappa shape index (κ1) is 11.0. The maximum absolute atomic E-state index is 12.5. The van der Waals surface area contributed by atoms with Gasteiger partial charge in [0.25, 0.3) is 6.43 Å². The predicted molar refractivity (Wildman–Crippen MR) is 51.6 cm³/mol. The number of nitrogen functional groups attached to an aromatic ring is 1. The summed E-state index contributed by atoms with van der Waals surface area (Å²) in [6.07, 6.45) is -2.37. The third-order valence-electron chi connectivity index (χ3n) is 1.66. The summed E-state index contributed by atoms with van der Waals surface area (Å²) in [6.45, 7) is 0. The lowest BCUT2D eigenvalue weighted by Gasteiger charge is -2.08. The molecule has 1 heterocycles. The molecule has 0 aliphatic rings. The monoisotopic (exact) mass is 264 g/mol. The highest BCUT2D eigenvalue weighted by molar-refractivity contribution is 9.08. The summed E-state index contributed by atoms with van der Waals surface area (Å²) in [5, 5.41) is 0.137. The van der Waals surface area contributed by atoms with Crippen LogP contribution in [-0.2, 0) is 5.33 Å². The molecule has 1 aromatic heterocycles. The number of hydrogen-bond acceptors (Lipinski definition) is 3. The molecule has 1 aromatic rings. The molecule has 0 saturated carbocycles. The Balaban J connectivity index is 3.40. The molecule has 0 spiro atoms. The zero-order valence-electron chi connectivity index (χ0n) is 7.01. The van der Waals surface area contributed by atoms with Crippen molar-refractivity contribution in [1.29, 1.82) is 0 Å². The Bertz CT molecular complexity index is 357. The fourth-order valence-corrected chi connectivity index (χ4v) is 1.53. The molecule has 0 atom stereocenters. The van der Waals surface area contributed by atoms with E-state index in [2.05, 4.69) is 20.9 Å². The van der Waals surface area contributed by atoms with Crippen LogP contribution >= 0.6 is 15.9 Å². The van der Waals surface area contributed by atoms with Crippen molar-refractivity contribution in [3.05, 3.63) is 22.9 Å². The molecule has 1 rings (SSSR count). The van der Waals surface area contributed by atoms with Gasteiger partial charge >= 0.3 is 0 Å². The molecule has 0 aromatic carbocycles. The number of anilines is 1. The number of aromatic nitrogens is 1. The van der Waals surface area contributed by atoms with Gasteiger partial charge in [-0.1, -0.05) is 15.9 Å². The largest absolute Gasteiger partial charge is 0.384 e. The van der Waals surface area contributed by atoms with Crippen molar-refractivity contribution < 1.29 is 13.6 Å². The Morgan fingerprint density at radius 2 is 2.29 bits per heavy atom. The summed E-state index contributed by atoms with van der Waals surface area (Å²) in [4.78, 5) is 14.2. The molecular weight excluding hydrogens is 258 g/mol. The number of pyridine rings is 1. The average molecular weight is 265 g/mol. The number of carbonyl (C=O) groups excluding carboxylic acids is 1. The van der Waals surface area contributed by atoms with Crippen LogP contribution in [0.15, 0.2) is 6.07 Å². The summed E-state index contributed by atoms with van der Waals surface area (Å²) in [7, 11) is 0. The van der Waals surface area contributed by atoms with E-state index in [1.807, 2.05) is 0 Å². The van der Waals surface area contributed by atoms with Crippen LogP contribution < -0.4 is 5.73 Å². The highest BCUT2D eigenvalue weighted by Crippen LogP contribution is 2.27. The van der Waals surface area contributed by atoms with Crippen LogP contribution in [0.25, 0.3) is 0 Å². The van der Waals surface area contributed by atoms with Crippen LogP contribution in [-0.4, -0.2) is 11.3 Å². The molecule has 3 nitrogen and oxygen atoms in total. The van der Waals surface area contributed by atoms with Crippen molar-refractivity contribution in [2.45, 2.75) is 11.8 Å². The summed E-state index contributed by atoms with van der Waals surface area (Å²) in [5.41, 5.74) is 4.98. The summed E-state index contributed by atoms with van der Waals surface area (Å²) < 4.78 is 25.1. The average Bonchev–Trinajstić information content (AvgIpc) is 2.15. The number of carbonyl (C=O) groups is 1. The molecule has 0 amide bonds. The van der Waals surface area contributed by atoms with Crippen LogP contribution in [0.5, 0.6) is 0 Å². The molecule has 0 aliphatic carbocycles. The number of alkyl halides is 3. The maximum atomic E-state index is 12.5. The SMILES string of the molecule is Nc1cc(C=O)c(C(F)F)c(CBr)n1. The lowest BCUT2D eigenvalue weighted by atomic mass is 10.1. The van der Waals surface area contributed by atoms with E-state index in [9.17, 15) is 13.6 Å². The minimum Gasteiger partial charge on any atom is -0.384 e. The second kappa shape index (κ2) is 4.45. The number of hydrogen-bond donors (Lipinski definition) is 1. The second-order valence-electron chi connectivity index (χ2n) is 2.55. The van der Waals surface area contributed by atoms with E-state index in [0.29, 0.717) is 6.29 Å². The normalized spacial score (nSPS) is 10.6. The zero-order valence-corrected chi connectivity index (χ0v) is 8.59. The molecule has 0 aliphatic heterocycles. The van der Waals surface area contributed by atoms with Gasteiger partial charge in [0.1, 0.15) is 5.82 Å². The minimum absolute atomic E-state index is 0.0611. The first-order valence-electron chi connectivity index (χ1n) is 3.68. The fourth-order valence-electron chi connectivity index (χ4n) is 1.10. The zero-order chi connectivity index (χ0) is 10.7. The van der Waals surface area contributed by atoms with E-state index in [1.54, 1.807) is 0 Å². The van der Waals surface area contributed by atoms with Crippen LogP contribution in [0, 0.1) is 0 Å². The molecule has 6 heteroatoms. The summed E-state index contributed by atoms with van der Waals surface area (Å²) in [5.74, 6) is 0.0611. The van der Waals surface area contributed by atoms with Gasteiger partial charge in [-0.2, -0.15) is 0 Å². The van der Waals surface area contributed by atoms with Gasteiger partial charge in [0, 0.05) is 10.9 Å². The Labute approximate surface area is 87.4 Å². The van der Waals surface area contributed by atoms with Crippen molar-refractivity contribution in [2.75, 3.05) is 5.73 Å². The third-order valence-corrected chi connectivity index (χ3v) is 2.19. The van der Waals surface area contributed by atoms with Crippen molar-refractivity contribution >= 4 is 28.0 Å². The molecule has 0 saturated heterocycles. The molecule has 0 unspecified atom stereocenters. The number of nitrogens with two attached hydrogens (primary N) is 1. The standard InChI is InChI=1S/C8H7BrF2N2O/c9-2-5-7(8(10)11)4(3-14)1-6(12)13-5/h1,3,8H,2H2,(H2,12,13). The van der Waals surface area contributed by atoms with Crippen LogP contribution in [0.2, 0.25) is 0 Å². The smallest absolute Gasteiger partial charge is 0.266 e. The van der Waals surface area contributed by atoms with Gasteiger partial charge in [-0.05, 0) is 6.07 Å². The predicted octanol–water partition coefficient (Wildman–Crippen LogP) is 2.31. The van der Waals surface area contributed by atoms with Crippen LogP contribution in [0.4, 0.5) is 14.6 Å². The lowest BCUT2D eigenvalue weighted by Crippen LogP contribution is -2.04.